The molecule has 0 saturated carbocycles. The molecule has 0 unspecified atom stereocenters. The van der Waals surface area contributed by atoms with Crippen LogP contribution in [0.1, 0.15) is 129 Å². The molecule has 10 rings (SSSR count). The zero-order valence-electron chi connectivity index (χ0n) is 45.2. The van der Waals surface area contributed by atoms with E-state index in [0.29, 0.717) is 17.4 Å². The fourth-order valence-corrected chi connectivity index (χ4v) is 10.3. The Balaban J connectivity index is 0.00000356. The zero-order valence-corrected chi connectivity index (χ0v) is 47.5. The van der Waals surface area contributed by atoms with Crippen molar-refractivity contribution in [3.05, 3.63) is 217 Å². The molecule has 3 heterocycles. The SMILES string of the molecule is CC(C)c1ccccc1-c1cc(Oc2[c-]c3c(cc2)c2ccccc2n3-c2cc(C(C)(C)C)ccn2)[c-]c(N2[CH-]N(c3ccc(C(C)(C)c4ccccc4)cc3)c3cc(C(C)(C)C)c(C(C)(C)C)cc32)c1.[CH3-].[Pt+4]. The van der Waals surface area contributed by atoms with Crippen molar-refractivity contribution in [1.82, 2.24) is 9.55 Å². The van der Waals surface area contributed by atoms with Crippen molar-refractivity contribution in [2.24, 2.45) is 0 Å². The van der Waals surface area contributed by atoms with E-state index in [0.717, 1.165) is 55.9 Å². The summed E-state index contributed by atoms with van der Waals surface area (Å²) in [6, 6.07) is 62.5. The van der Waals surface area contributed by atoms with E-state index in [1.165, 1.54) is 38.9 Å². The maximum atomic E-state index is 7.04. The molecule has 0 amide bonds. The van der Waals surface area contributed by atoms with Gasteiger partial charge in [0.1, 0.15) is 5.82 Å². The maximum absolute atomic E-state index is 7.04. The summed E-state index contributed by atoms with van der Waals surface area (Å²) in [7, 11) is 0. The molecule has 1 aliphatic rings. The van der Waals surface area contributed by atoms with Gasteiger partial charge in [0.05, 0.1) is 0 Å². The summed E-state index contributed by atoms with van der Waals surface area (Å²) < 4.78 is 9.26. The number of rotatable bonds is 9. The van der Waals surface area contributed by atoms with Crippen LogP contribution >= 0.6 is 0 Å². The van der Waals surface area contributed by atoms with Crippen LogP contribution in [0.25, 0.3) is 38.8 Å². The number of nitrogens with zero attached hydrogens (tertiary/aromatic N) is 4. The van der Waals surface area contributed by atoms with E-state index in [9.17, 15) is 0 Å². The van der Waals surface area contributed by atoms with Gasteiger partial charge in [-0.3, -0.25) is 0 Å². The minimum absolute atomic E-state index is 0. The third-order valence-corrected chi connectivity index (χ3v) is 14.4. The molecule has 0 aliphatic carbocycles. The number of hydrogen-bond acceptors (Lipinski definition) is 4. The Bertz CT molecular complexity index is 3440. The molecule has 73 heavy (non-hydrogen) atoms. The van der Waals surface area contributed by atoms with Crippen LogP contribution < -0.4 is 14.5 Å². The minimum atomic E-state index is -0.162. The summed E-state index contributed by atoms with van der Waals surface area (Å²) in [6.45, 7) is 32.0. The minimum Gasteiger partial charge on any atom is -0.509 e. The van der Waals surface area contributed by atoms with Gasteiger partial charge in [-0.05, 0) is 109 Å². The largest absolute Gasteiger partial charge is 4.00 e. The Morgan fingerprint density at radius 2 is 1.16 bits per heavy atom. The van der Waals surface area contributed by atoms with Gasteiger partial charge in [0, 0.05) is 45.7 Å². The van der Waals surface area contributed by atoms with E-state index >= 15 is 0 Å². The van der Waals surface area contributed by atoms with Crippen LogP contribution in [0.15, 0.2) is 158 Å². The Morgan fingerprint density at radius 3 is 1.82 bits per heavy atom. The summed E-state index contributed by atoms with van der Waals surface area (Å²) in [6.07, 6.45) is 1.92. The van der Waals surface area contributed by atoms with E-state index in [-0.39, 0.29) is 50.2 Å². The summed E-state index contributed by atoms with van der Waals surface area (Å²) in [5.74, 6) is 2.36. The van der Waals surface area contributed by atoms with Crippen molar-refractivity contribution >= 4 is 44.6 Å². The number of benzene rings is 7. The summed E-state index contributed by atoms with van der Waals surface area (Å²) in [5, 5.41) is 2.23. The number of pyridine rings is 1. The van der Waals surface area contributed by atoms with Gasteiger partial charge in [-0.15, -0.1) is 53.6 Å². The van der Waals surface area contributed by atoms with E-state index in [1.807, 2.05) is 12.3 Å². The van der Waals surface area contributed by atoms with Crippen LogP contribution in [0.3, 0.4) is 0 Å². The molecule has 0 spiro atoms. The van der Waals surface area contributed by atoms with Crippen molar-refractivity contribution in [1.29, 1.82) is 0 Å². The average molecular weight is 1140 g/mol. The monoisotopic (exact) mass is 1140 g/mol. The molecule has 5 nitrogen and oxygen atoms in total. The predicted octanol–water partition coefficient (Wildman–Crippen LogP) is 18.4. The van der Waals surface area contributed by atoms with E-state index in [4.69, 9.17) is 9.72 Å². The van der Waals surface area contributed by atoms with Crippen molar-refractivity contribution in [2.75, 3.05) is 9.80 Å². The van der Waals surface area contributed by atoms with Crippen molar-refractivity contribution in [2.45, 2.75) is 118 Å². The maximum Gasteiger partial charge on any atom is 4.00 e. The third kappa shape index (κ3) is 10.0. The Hall–Kier alpha value is -6.42. The van der Waals surface area contributed by atoms with E-state index in [2.05, 4.69) is 269 Å². The Kier molecular flexibility index (Phi) is 14.3. The number of fused-ring (bicyclic) bond motifs is 4. The number of hydrogen-bond donors (Lipinski definition) is 0. The average Bonchev–Trinajstić information content (AvgIpc) is 3.89. The van der Waals surface area contributed by atoms with Gasteiger partial charge >= 0.3 is 21.1 Å². The van der Waals surface area contributed by atoms with Crippen LogP contribution in [-0.2, 0) is 42.7 Å². The zero-order chi connectivity index (χ0) is 50.2. The topological polar surface area (TPSA) is 33.5 Å². The van der Waals surface area contributed by atoms with Gasteiger partial charge in [-0.25, -0.2) is 4.98 Å². The van der Waals surface area contributed by atoms with Gasteiger partial charge in [0.25, 0.3) is 0 Å². The molecular weight excluding hydrogens is 1070 g/mol. The second kappa shape index (κ2) is 19.8. The van der Waals surface area contributed by atoms with Gasteiger partial charge in [0.2, 0.25) is 0 Å². The van der Waals surface area contributed by atoms with Crippen LogP contribution in [0.5, 0.6) is 11.5 Å². The van der Waals surface area contributed by atoms with Gasteiger partial charge in [-0.2, -0.15) is 6.07 Å². The fraction of sp³-hybridized carbons (Fsp3) is 0.269. The molecule has 0 radical (unpaired) electrons. The first-order valence-electron chi connectivity index (χ1n) is 25.2. The second-order valence-corrected chi connectivity index (χ2v) is 23.3. The third-order valence-electron chi connectivity index (χ3n) is 14.4. The standard InChI is InChI=1S/C66H67N4O.CH3.Pt/c1-43(2)52-23-17-18-24-53(52)44-35-49(38-51(36-44)71-50-31-32-55-54-25-19-20-26-58(54)70(59(55)39-50)62-37-47(33-34-67-62)63(3,4)5)69-42-68(60-40-56(64(6,7)8)57(41-61(60)69)65(9,10)11)48-29-27-46(28-30-48)66(12,13)45-21-15-14-16-22-45;;/h14-37,40-43H,1-13H3;1H3;/q-3;-1;+4. The molecular formula is C67H70N4OPt. The number of ether oxygens (including phenoxy) is 1. The first-order chi connectivity index (χ1) is 33.7. The molecule has 0 saturated heterocycles. The molecule has 374 valence electrons. The van der Waals surface area contributed by atoms with Gasteiger partial charge < -0.3 is 26.5 Å². The molecule has 6 heteroatoms. The molecule has 9 aromatic rings. The van der Waals surface area contributed by atoms with Crippen LogP contribution in [0, 0.1) is 26.2 Å². The Morgan fingerprint density at radius 1 is 0.548 bits per heavy atom. The molecule has 0 atom stereocenters. The fourth-order valence-electron chi connectivity index (χ4n) is 10.3. The normalized spacial score (nSPS) is 13.1. The molecule has 7 aromatic carbocycles. The van der Waals surface area contributed by atoms with Crippen LogP contribution in [0.2, 0.25) is 0 Å². The molecule has 0 N–H and O–H groups in total. The molecule has 0 bridgehead atoms. The van der Waals surface area contributed by atoms with Crippen molar-refractivity contribution < 1.29 is 25.8 Å². The van der Waals surface area contributed by atoms with Crippen molar-refractivity contribution in [3.8, 4) is 28.4 Å². The molecule has 0 fully saturated rings. The second-order valence-electron chi connectivity index (χ2n) is 23.3. The number of anilines is 4. The predicted molar refractivity (Wildman–Crippen MR) is 305 cm³/mol. The van der Waals surface area contributed by atoms with E-state index in [1.54, 1.807) is 0 Å². The van der Waals surface area contributed by atoms with Crippen molar-refractivity contribution in [3.63, 3.8) is 0 Å². The summed E-state index contributed by atoms with van der Waals surface area (Å²) in [4.78, 5) is 9.59. The van der Waals surface area contributed by atoms with E-state index < -0.39 is 0 Å². The quantitative estimate of drug-likeness (QED) is 0.135. The number of para-hydroxylation sites is 1. The first kappa shape index (κ1) is 52.9. The number of aromatic nitrogens is 2. The van der Waals surface area contributed by atoms with Crippen LogP contribution in [0.4, 0.5) is 22.7 Å². The van der Waals surface area contributed by atoms with Gasteiger partial charge in [-0.1, -0.05) is 180 Å². The summed E-state index contributed by atoms with van der Waals surface area (Å²) >= 11 is 0. The van der Waals surface area contributed by atoms with Gasteiger partial charge in [0.15, 0.2) is 0 Å². The molecule has 2 aromatic heterocycles. The van der Waals surface area contributed by atoms with Crippen LogP contribution in [-0.4, -0.2) is 9.55 Å². The molecule has 1 aliphatic heterocycles. The Labute approximate surface area is 450 Å². The smallest absolute Gasteiger partial charge is 0.509 e. The first-order valence-corrected chi connectivity index (χ1v) is 25.2. The summed E-state index contributed by atoms with van der Waals surface area (Å²) in [5.41, 5.74) is 15.7.